The molecule has 0 unspecified atom stereocenters. The number of nitrogens with one attached hydrogen (secondary N) is 1. The van der Waals surface area contributed by atoms with Crippen molar-refractivity contribution in [1.82, 2.24) is 10.2 Å². The molecule has 118 valence electrons. The molecule has 1 heterocycles. The summed E-state index contributed by atoms with van der Waals surface area (Å²) in [6.07, 6.45) is -2.54. The summed E-state index contributed by atoms with van der Waals surface area (Å²) in [4.78, 5) is 2.09. The molecule has 2 rings (SSSR count). The summed E-state index contributed by atoms with van der Waals surface area (Å²) in [6.45, 7) is 3.15. The van der Waals surface area contributed by atoms with Gasteiger partial charge >= 0.3 is 0 Å². The Kier molecular flexibility index (Phi) is 5.76. The van der Waals surface area contributed by atoms with Crippen LogP contribution in [-0.4, -0.2) is 51.7 Å². The Labute approximate surface area is 124 Å². The number of methoxy groups -OCH3 is 2. The molecule has 0 amide bonds. The first-order chi connectivity index (χ1) is 10.2. The number of alkyl halides is 2. The van der Waals surface area contributed by atoms with Gasteiger partial charge in [0.25, 0.3) is 0 Å². The minimum Gasteiger partial charge on any atom is -0.497 e. The van der Waals surface area contributed by atoms with Crippen molar-refractivity contribution in [3.8, 4) is 11.5 Å². The summed E-state index contributed by atoms with van der Waals surface area (Å²) in [5.41, 5.74) is 0.792. The molecular weight excluding hydrogens is 278 g/mol. The van der Waals surface area contributed by atoms with Crippen molar-refractivity contribution < 1.29 is 18.3 Å². The number of hydrogen-bond donors (Lipinski definition) is 1. The standard InChI is InChI=1S/C15H22F2N2O2/c1-20-11-3-4-12(14(9-11)21-2)13(10-15(16)17)19-7-5-18-6-8-19/h3-4,9,13,15,18H,5-8,10H2,1-2H3/t13-/m0/s1. The second-order valence-electron chi connectivity index (χ2n) is 5.04. The summed E-state index contributed by atoms with van der Waals surface area (Å²) in [5.74, 6) is 1.25. The first-order valence-electron chi connectivity index (χ1n) is 7.10. The van der Waals surface area contributed by atoms with E-state index in [1.807, 2.05) is 6.07 Å². The number of hydrogen-bond acceptors (Lipinski definition) is 4. The van der Waals surface area contributed by atoms with Gasteiger partial charge in [-0.2, -0.15) is 0 Å². The summed E-state index contributed by atoms with van der Waals surface area (Å²) in [5, 5.41) is 3.24. The van der Waals surface area contributed by atoms with E-state index >= 15 is 0 Å². The molecule has 6 heteroatoms. The highest BCUT2D eigenvalue weighted by molar-refractivity contribution is 5.42. The molecule has 1 aliphatic rings. The van der Waals surface area contributed by atoms with Gasteiger partial charge in [0.05, 0.1) is 14.2 Å². The maximum Gasteiger partial charge on any atom is 0.240 e. The second-order valence-corrected chi connectivity index (χ2v) is 5.04. The Morgan fingerprint density at radius 3 is 2.48 bits per heavy atom. The van der Waals surface area contributed by atoms with Gasteiger partial charge in [0.2, 0.25) is 6.43 Å². The average Bonchev–Trinajstić information content (AvgIpc) is 2.52. The van der Waals surface area contributed by atoms with E-state index in [9.17, 15) is 8.78 Å². The molecule has 0 radical (unpaired) electrons. The van der Waals surface area contributed by atoms with Crippen LogP contribution in [0.4, 0.5) is 8.78 Å². The van der Waals surface area contributed by atoms with E-state index < -0.39 is 6.43 Å². The van der Waals surface area contributed by atoms with E-state index in [1.165, 1.54) is 0 Å². The Bertz CT molecular complexity index is 451. The van der Waals surface area contributed by atoms with Crippen molar-refractivity contribution in [3.05, 3.63) is 23.8 Å². The summed E-state index contributed by atoms with van der Waals surface area (Å²) in [7, 11) is 3.12. The molecule has 0 saturated carbocycles. The Hall–Kier alpha value is -1.40. The molecule has 1 aromatic carbocycles. The van der Waals surface area contributed by atoms with Crippen LogP contribution in [-0.2, 0) is 0 Å². The van der Waals surface area contributed by atoms with E-state index in [0.29, 0.717) is 11.5 Å². The lowest BCUT2D eigenvalue weighted by molar-refractivity contribution is 0.0729. The van der Waals surface area contributed by atoms with Crippen LogP contribution in [0, 0.1) is 0 Å². The minimum atomic E-state index is -2.35. The zero-order valence-electron chi connectivity index (χ0n) is 12.4. The van der Waals surface area contributed by atoms with Crippen LogP contribution < -0.4 is 14.8 Å². The SMILES string of the molecule is COc1ccc([C@H](CC(F)F)N2CCNCC2)c(OC)c1. The summed E-state index contributed by atoms with van der Waals surface area (Å²) >= 11 is 0. The number of benzene rings is 1. The van der Waals surface area contributed by atoms with Crippen LogP contribution in [0.2, 0.25) is 0 Å². The highest BCUT2D eigenvalue weighted by Gasteiger charge is 2.27. The Morgan fingerprint density at radius 2 is 1.90 bits per heavy atom. The maximum absolute atomic E-state index is 13.0. The number of rotatable bonds is 6. The lowest BCUT2D eigenvalue weighted by Gasteiger charge is -2.35. The molecule has 1 atom stereocenters. The van der Waals surface area contributed by atoms with Gasteiger partial charge in [0, 0.05) is 50.3 Å². The van der Waals surface area contributed by atoms with E-state index in [1.54, 1.807) is 26.4 Å². The molecule has 1 saturated heterocycles. The lowest BCUT2D eigenvalue weighted by atomic mass is 10.00. The van der Waals surface area contributed by atoms with E-state index in [4.69, 9.17) is 9.47 Å². The van der Waals surface area contributed by atoms with Gasteiger partial charge in [0.15, 0.2) is 0 Å². The fraction of sp³-hybridized carbons (Fsp3) is 0.600. The number of ether oxygens (including phenoxy) is 2. The fourth-order valence-corrected chi connectivity index (χ4v) is 2.73. The van der Waals surface area contributed by atoms with Crippen molar-refractivity contribution in [3.63, 3.8) is 0 Å². The van der Waals surface area contributed by atoms with Gasteiger partial charge in [-0.3, -0.25) is 4.90 Å². The number of halogens is 2. The molecule has 1 aromatic rings. The zero-order chi connectivity index (χ0) is 15.2. The van der Waals surface area contributed by atoms with Gasteiger partial charge in [-0.1, -0.05) is 6.07 Å². The predicted octanol–water partition coefficient (Wildman–Crippen LogP) is 2.31. The molecule has 1 aliphatic heterocycles. The van der Waals surface area contributed by atoms with Crippen LogP contribution in [0.25, 0.3) is 0 Å². The molecule has 21 heavy (non-hydrogen) atoms. The topological polar surface area (TPSA) is 33.7 Å². The maximum atomic E-state index is 13.0. The number of nitrogens with zero attached hydrogens (tertiary/aromatic N) is 1. The van der Waals surface area contributed by atoms with Crippen molar-refractivity contribution in [2.75, 3.05) is 40.4 Å². The van der Waals surface area contributed by atoms with Crippen LogP contribution in [0.5, 0.6) is 11.5 Å². The van der Waals surface area contributed by atoms with Crippen molar-refractivity contribution in [1.29, 1.82) is 0 Å². The molecule has 0 aliphatic carbocycles. The van der Waals surface area contributed by atoms with Gasteiger partial charge in [0.1, 0.15) is 11.5 Å². The summed E-state index contributed by atoms with van der Waals surface area (Å²) in [6, 6.07) is 5.02. The van der Waals surface area contributed by atoms with Crippen molar-refractivity contribution >= 4 is 0 Å². The Morgan fingerprint density at radius 1 is 1.19 bits per heavy atom. The first-order valence-corrected chi connectivity index (χ1v) is 7.10. The van der Waals surface area contributed by atoms with Crippen molar-refractivity contribution in [2.45, 2.75) is 18.9 Å². The van der Waals surface area contributed by atoms with E-state index in [-0.39, 0.29) is 12.5 Å². The Balaban J connectivity index is 2.30. The molecule has 1 fully saturated rings. The van der Waals surface area contributed by atoms with Crippen LogP contribution in [0.15, 0.2) is 18.2 Å². The molecule has 0 aromatic heterocycles. The largest absolute Gasteiger partial charge is 0.497 e. The molecule has 4 nitrogen and oxygen atoms in total. The predicted molar refractivity (Wildman–Crippen MR) is 77.4 cm³/mol. The second kappa shape index (κ2) is 7.56. The van der Waals surface area contributed by atoms with Gasteiger partial charge < -0.3 is 14.8 Å². The van der Waals surface area contributed by atoms with Crippen molar-refractivity contribution in [2.24, 2.45) is 0 Å². The highest BCUT2D eigenvalue weighted by atomic mass is 19.3. The molecular formula is C15H22F2N2O2. The third-order valence-electron chi connectivity index (χ3n) is 3.79. The average molecular weight is 300 g/mol. The van der Waals surface area contributed by atoms with Crippen LogP contribution in [0.3, 0.4) is 0 Å². The smallest absolute Gasteiger partial charge is 0.240 e. The minimum absolute atomic E-state index is 0.192. The quantitative estimate of drug-likeness (QED) is 0.874. The summed E-state index contributed by atoms with van der Waals surface area (Å²) < 4.78 is 36.5. The highest BCUT2D eigenvalue weighted by Crippen LogP contribution is 2.36. The normalized spacial score (nSPS) is 17.8. The monoisotopic (exact) mass is 300 g/mol. The van der Waals surface area contributed by atoms with Crippen LogP contribution >= 0.6 is 0 Å². The van der Waals surface area contributed by atoms with Gasteiger partial charge in [-0.15, -0.1) is 0 Å². The van der Waals surface area contributed by atoms with Crippen LogP contribution in [0.1, 0.15) is 18.0 Å². The third kappa shape index (κ3) is 4.04. The molecule has 0 bridgehead atoms. The third-order valence-corrected chi connectivity index (χ3v) is 3.79. The zero-order valence-corrected chi connectivity index (χ0v) is 12.4. The molecule has 1 N–H and O–H groups in total. The number of piperazine rings is 1. The van der Waals surface area contributed by atoms with E-state index in [0.717, 1.165) is 31.7 Å². The lowest BCUT2D eigenvalue weighted by Crippen LogP contribution is -2.45. The van der Waals surface area contributed by atoms with E-state index in [2.05, 4.69) is 10.2 Å². The van der Waals surface area contributed by atoms with Gasteiger partial charge in [-0.25, -0.2) is 8.78 Å². The first kappa shape index (κ1) is 16.0. The molecule has 0 spiro atoms. The fourth-order valence-electron chi connectivity index (χ4n) is 2.73. The van der Waals surface area contributed by atoms with Gasteiger partial charge in [-0.05, 0) is 6.07 Å².